The summed E-state index contributed by atoms with van der Waals surface area (Å²) in [5, 5.41) is 0. The van der Waals surface area contributed by atoms with Crippen LogP contribution in [0.25, 0.3) is 0 Å². The summed E-state index contributed by atoms with van der Waals surface area (Å²) in [4.78, 5) is 0. The largest absolute Gasteiger partial charge is 0.342 e. The Morgan fingerprint density at radius 2 is 1.45 bits per heavy atom. The Hall–Kier alpha value is -2.08. The van der Waals surface area contributed by atoms with Crippen LogP contribution >= 0.6 is 0 Å². The fraction of sp³-hybridized carbons (Fsp3) is 0.222. The first-order valence-electron chi connectivity index (χ1n) is 6.76. The highest BCUT2D eigenvalue weighted by Gasteiger charge is 2.38. The van der Waals surface area contributed by atoms with E-state index in [2.05, 4.69) is 5.92 Å². The minimum absolute atomic E-state index is 0.686. The van der Waals surface area contributed by atoms with Gasteiger partial charge in [0.05, 0.1) is 13.2 Å². The van der Waals surface area contributed by atoms with E-state index in [1.54, 1.807) is 0 Å². The van der Waals surface area contributed by atoms with E-state index in [4.69, 9.17) is 15.9 Å². The molecule has 1 aliphatic rings. The third-order valence-corrected chi connectivity index (χ3v) is 3.48. The van der Waals surface area contributed by atoms with Crippen molar-refractivity contribution in [3.63, 3.8) is 0 Å². The van der Waals surface area contributed by atoms with E-state index in [9.17, 15) is 0 Å². The van der Waals surface area contributed by atoms with Crippen LogP contribution in [0.3, 0.4) is 0 Å². The number of benzene rings is 2. The summed E-state index contributed by atoms with van der Waals surface area (Å²) in [6.45, 7) is 1.37. The molecule has 0 aliphatic carbocycles. The van der Waals surface area contributed by atoms with Gasteiger partial charge in [-0.05, 0) is 18.6 Å². The maximum absolute atomic E-state index is 6.04. The average Bonchev–Trinajstić information content (AvgIpc) is 2.56. The van der Waals surface area contributed by atoms with E-state index < -0.39 is 5.79 Å². The van der Waals surface area contributed by atoms with Crippen molar-refractivity contribution in [3.8, 4) is 12.3 Å². The number of hydrogen-bond donors (Lipinski definition) is 0. The molecular weight excluding hydrogens is 248 g/mol. The van der Waals surface area contributed by atoms with Crippen molar-refractivity contribution in [1.29, 1.82) is 0 Å². The highest BCUT2D eigenvalue weighted by atomic mass is 16.7. The van der Waals surface area contributed by atoms with Crippen LogP contribution in [0.4, 0.5) is 0 Å². The van der Waals surface area contributed by atoms with Crippen LogP contribution in [0.1, 0.15) is 23.1 Å². The van der Waals surface area contributed by atoms with Gasteiger partial charge in [-0.3, -0.25) is 0 Å². The molecule has 0 unspecified atom stereocenters. The highest BCUT2D eigenvalue weighted by Crippen LogP contribution is 2.37. The van der Waals surface area contributed by atoms with Crippen molar-refractivity contribution in [2.45, 2.75) is 12.2 Å². The SMILES string of the molecule is C#Cc1ccc(C2(c3ccccc3)OCCCO2)cc1. The molecule has 2 aromatic rings. The first-order valence-corrected chi connectivity index (χ1v) is 6.76. The molecule has 0 aromatic heterocycles. The van der Waals surface area contributed by atoms with Crippen LogP contribution in [0.5, 0.6) is 0 Å². The lowest BCUT2D eigenvalue weighted by molar-refractivity contribution is -0.249. The molecule has 1 aliphatic heterocycles. The van der Waals surface area contributed by atoms with E-state index in [0.29, 0.717) is 13.2 Å². The molecule has 1 heterocycles. The molecule has 0 amide bonds. The summed E-state index contributed by atoms with van der Waals surface area (Å²) in [7, 11) is 0. The van der Waals surface area contributed by atoms with Gasteiger partial charge in [0.1, 0.15) is 0 Å². The molecular formula is C18H16O2. The Morgan fingerprint density at radius 1 is 0.850 bits per heavy atom. The van der Waals surface area contributed by atoms with Crippen LogP contribution in [-0.2, 0) is 15.3 Å². The van der Waals surface area contributed by atoms with Crippen molar-refractivity contribution in [1.82, 2.24) is 0 Å². The van der Waals surface area contributed by atoms with E-state index in [-0.39, 0.29) is 0 Å². The van der Waals surface area contributed by atoms with E-state index in [0.717, 1.165) is 23.1 Å². The molecule has 2 nitrogen and oxygen atoms in total. The summed E-state index contributed by atoms with van der Waals surface area (Å²) in [5.74, 6) is 1.81. The van der Waals surface area contributed by atoms with Gasteiger partial charge >= 0.3 is 0 Å². The summed E-state index contributed by atoms with van der Waals surface area (Å²) >= 11 is 0. The molecule has 0 atom stereocenters. The van der Waals surface area contributed by atoms with E-state index >= 15 is 0 Å². The molecule has 2 heteroatoms. The Kier molecular flexibility index (Phi) is 3.56. The normalized spacial score (nSPS) is 17.4. The van der Waals surface area contributed by atoms with Gasteiger partial charge in [-0.25, -0.2) is 0 Å². The van der Waals surface area contributed by atoms with E-state index in [1.165, 1.54) is 0 Å². The third-order valence-electron chi connectivity index (χ3n) is 3.48. The Morgan fingerprint density at radius 3 is 2.05 bits per heavy atom. The summed E-state index contributed by atoms with van der Waals surface area (Å²) < 4.78 is 12.1. The molecule has 0 bridgehead atoms. The predicted octanol–water partition coefficient (Wildman–Crippen LogP) is 3.31. The second-order valence-corrected chi connectivity index (χ2v) is 4.75. The highest BCUT2D eigenvalue weighted by molar-refractivity contribution is 5.39. The van der Waals surface area contributed by atoms with Crippen molar-refractivity contribution in [2.75, 3.05) is 13.2 Å². The molecule has 0 N–H and O–H groups in total. The molecule has 0 saturated carbocycles. The maximum atomic E-state index is 6.04. The number of rotatable bonds is 2. The van der Waals surface area contributed by atoms with Gasteiger partial charge in [0.25, 0.3) is 0 Å². The lowest BCUT2D eigenvalue weighted by atomic mass is 9.95. The van der Waals surface area contributed by atoms with Gasteiger partial charge < -0.3 is 9.47 Å². The maximum Gasteiger partial charge on any atom is 0.222 e. The summed E-state index contributed by atoms with van der Waals surface area (Å²) in [6.07, 6.45) is 6.32. The predicted molar refractivity (Wildman–Crippen MR) is 78.1 cm³/mol. The zero-order chi connectivity index (χ0) is 13.8. The molecule has 100 valence electrons. The zero-order valence-corrected chi connectivity index (χ0v) is 11.2. The molecule has 3 rings (SSSR count). The van der Waals surface area contributed by atoms with Crippen molar-refractivity contribution in [3.05, 3.63) is 71.3 Å². The Balaban J connectivity index is 2.08. The first-order chi connectivity index (χ1) is 9.85. The molecule has 0 spiro atoms. The van der Waals surface area contributed by atoms with Gasteiger partial charge in [-0.15, -0.1) is 6.42 Å². The van der Waals surface area contributed by atoms with Crippen LogP contribution in [0.15, 0.2) is 54.6 Å². The summed E-state index contributed by atoms with van der Waals surface area (Å²) in [6, 6.07) is 17.8. The van der Waals surface area contributed by atoms with Crippen LogP contribution in [0, 0.1) is 12.3 Å². The second-order valence-electron chi connectivity index (χ2n) is 4.75. The van der Waals surface area contributed by atoms with Gasteiger partial charge in [0, 0.05) is 16.7 Å². The van der Waals surface area contributed by atoms with Gasteiger partial charge in [-0.2, -0.15) is 0 Å². The second kappa shape index (κ2) is 5.50. The molecule has 1 fully saturated rings. The summed E-state index contributed by atoms with van der Waals surface area (Å²) in [5.41, 5.74) is 2.84. The quantitative estimate of drug-likeness (QED) is 0.775. The van der Waals surface area contributed by atoms with Crippen LogP contribution < -0.4 is 0 Å². The standard InChI is InChI=1S/C18H16O2/c1-2-15-9-11-17(12-10-15)18(19-13-6-14-20-18)16-7-4-3-5-8-16/h1,3-5,7-12H,6,13-14H2. The molecule has 20 heavy (non-hydrogen) atoms. The molecule has 0 radical (unpaired) electrons. The monoisotopic (exact) mass is 264 g/mol. The molecule has 1 saturated heterocycles. The minimum atomic E-state index is -0.813. The van der Waals surface area contributed by atoms with Crippen molar-refractivity contribution in [2.24, 2.45) is 0 Å². The fourth-order valence-electron chi connectivity index (χ4n) is 2.48. The van der Waals surface area contributed by atoms with Crippen LogP contribution in [-0.4, -0.2) is 13.2 Å². The molecule has 2 aromatic carbocycles. The fourth-order valence-corrected chi connectivity index (χ4v) is 2.48. The number of ether oxygens (including phenoxy) is 2. The van der Waals surface area contributed by atoms with Crippen LogP contribution in [0.2, 0.25) is 0 Å². The Labute approximate surface area is 119 Å². The van der Waals surface area contributed by atoms with Gasteiger partial charge in [0.2, 0.25) is 5.79 Å². The van der Waals surface area contributed by atoms with E-state index in [1.807, 2.05) is 54.6 Å². The lowest BCUT2D eigenvalue weighted by Gasteiger charge is -2.38. The van der Waals surface area contributed by atoms with Gasteiger partial charge in [-0.1, -0.05) is 48.4 Å². The number of terminal acetylenes is 1. The van der Waals surface area contributed by atoms with Gasteiger partial charge in [0.15, 0.2) is 0 Å². The van der Waals surface area contributed by atoms with Crippen molar-refractivity contribution < 1.29 is 9.47 Å². The number of hydrogen-bond acceptors (Lipinski definition) is 2. The smallest absolute Gasteiger partial charge is 0.222 e. The third kappa shape index (κ3) is 2.22. The first kappa shape index (κ1) is 12.9. The topological polar surface area (TPSA) is 18.5 Å². The lowest BCUT2D eigenvalue weighted by Crippen LogP contribution is -2.39. The zero-order valence-electron chi connectivity index (χ0n) is 11.2. The minimum Gasteiger partial charge on any atom is -0.342 e. The average molecular weight is 264 g/mol. The Bertz CT molecular complexity index is 602. The van der Waals surface area contributed by atoms with Crippen molar-refractivity contribution >= 4 is 0 Å².